The van der Waals surface area contributed by atoms with Crippen molar-refractivity contribution in [1.29, 1.82) is 0 Å². The fourth-order valence-corrected chi connectivity index (χ4v) is 5.38. The number of amidine groups is 1. The summed E-state index contributed by atoms with van der Waals surface area (Å²) in [6.07, 6.45) is 3.71. The van der Waals surface area contributed by atoms with Gasteiger partial charge in [-0.2, -0.15) is 0 Å². The van der Waals surface area contributed by atoms with Crippen LogP contribution in [0.2, 0.25) is 5.02 Å². The third kappa shape index (κ3) is 4.79. The molecule has 0 spiro atoms. The van der Waals surface area contributed by atoms with Crippen LogP contribution in [0.4, 0.5) is 5.69 Å². The number of aliphatic imine (C=N–C) groups is 1. The molecule has 1 fully saturated rings. The summed E-state index contributed by atoms with van der Waals surface area (Å²) in [5, 5.41) is 4.94. The molecule has 1 saturated heterocycles. The molecule has 4 nitrogen and oxygen atoms in total. The van der Waals surface area contributed by atoms with Gasteiger partial charge in [-0.25, -0.2) is 4.99 Å². The molecule has 5 aromatic rings. The molecule has 4 aromatic carbocycles. The highest BCUT2D eigenvalue weighted by molar-refractivity contribution is 8.18. The Morgan fingerprint density at radius 1 is 0.811 bits per heavy atom. The van der Waals surface area contributed by atoms with Gasteiger partial charge in [0.25, 0.3) is 5.91 Å². The van der Waals surface area contributed by atoms with Crippen LogP contribution in [0.25, 0.3) is 39.2 Å². The quantitative estimate of drug-likeness (QED) is 0.245. The van der Waals surface area contributed by atoms with Crippen molar-refractivity contribution in [3.05, 3.63) is 125 Å². The lowest BCUT2D eigenvalue weighted by Crippen LogP contribution is -2.19. The zero-order valence-corrected chi connectivity index (χ0v) is 21.1. The van der Waals surface area contributed by atoms with E-state index in [2.05, 4.69) is 28.5 Å². The Morgan fingerprint density at radius 3 is 2.30 bits per heavy atom. The molecule has 0 atom stereocenters. The molecule has 0 radical (unpaired) electrons. The molecule has 1 aromatic heterocycles. The first-order valence-corrected chi connectivity index (χ1v) is 12.9. The minimum Gasteiger partial charge on any atom is -0.300 e. The van der Waals surface area contributed by atoms with Gasteiger partial charge in [0.05, 0.1) is 21.1 Å². The van der Waals surface area contributed by atoms with Crippen LogP contribution in [0.3, 0.4) is 0 Å². The van der Waals surface area contributed by atoms with E-state index in [9.17, 15) is 4.79 Å². The van der Waals surface area contributed by atoms with Crippen molar-refractivity contribution in [2.24, 2.45) is 4.99 Å². The molecule has 0 saturated carbocycles. The van der Waals surface area contributed by atoms with E-state index in [-0.39, 0.29) is 5.91 Å². The van der Waals surface area contributed by atoms with Crippen molar-refractivity contribution in [2.75, 3.05) is 0 Å². The summed E-state index contributed by atoms with van der Waals surface area (Å²) in [5.74, 6) is -0.188. The number of halogens is 1. The van der Waals surface area contributed by atoms with Gasteiger partial charge in [0.15, 0.2) is 5.17 Å². The zero-order valence-electron chi connectivity index (χ0n) is 19.6. The Labute approximate surface area is 223 Å². The van der Waals surface area contributed by atoms with Gasteiger partial charge in [-0.05, 0) is 64.4 Å². The third-order valence-corrected chi connectivity index (χ3v) is 7.30. The van der Waals surface area contributed by atoms with E-state index in [0.29, 0.717) is 20.8 Å². The molecule has 0 aliphatic carbocycles. The molecule has 0 unspecified atom stereocenters. The largest absolute Gasteiger partial charge is 0.300 e. The maximum atomic E-state index is 12.8. The number of carbonyl (C=O) groups is 1. The molecular weight excluding hydrogens is 498 g/mol. The lowest BCUT2D eigenvalue weighted by atomic mass is 10.00. The van der Waals surface area contributed by atoms with Crippen LogP contribution in [0.1, 0.15) is 5.56 Å². The van der Waals surface area contributed by atoms with Crippen LogP contribution < -0.4 is 5.32 Å². The molecule has 178 valence electrons. The number of nitrogens with zero attached hydrogens (tertiary/aromatic N) is 2. The van der Waals surface area contributed by atoms with Crippen molar-refractivity contribution in [2.45, 2.75) is 0 Å². The van der Waals surface area contributed by atoms with E-state index >= 15 is 0 Å². The normalized spacial score (nSPS) is 15.4. The number of thioether (sulfide) groups is 1. The number of hydrogen-bond donors (Lipinski definition) is 1. The highest BCUT2D eigenvalue weighted by Crippen LogP contribution is 2.38. The van der Waals surface area contributed by atoms with Crippen LogP contribution >= 0.6 is 23.4 Å². The number of nitrogens with one attached hydrogen (secondary N) is 1. The van der Waals surface area contributed by atoms with E-state index in [4.69, 9.17) is 16.6 Å². The SMILES string of the molecule is O=C1NC(=Nc2c(Cl)cccc2-c2ccccc2)S/C1=C/c1ccc2nccc(-c3ccccc3)c2c1. The average Bonchev–Trinajstić information content (AvgIpc) is 3.28. The van der Waals surface area contributed by atoms with Gasteiger partial charge in [0, 0.05) is 17.1 Å². The predicted octanol–water partition coefficient (Wildman–Crippen LogP) is 8.11. The first-order chi connectivity index (χ1) is 18.2. The van der Waals surface area contributed by atoms with Crippen LogP contribution in [-0.4, -0.2) is 16.1 Å². The van der Waals surface area contributed by atoms with Crippen LogP contribution in [-0.2, 0) is 4.79 Å². The molecule has 2 heterocycles. The lowest BCUT2D eigenvalue weighted by Gasteiger charge is -2.08. The second-order valence-electron chi connectivity index (χ2n) is 8.48. The molecule has 1 amide bonds. The van der Waals surface area contributed by atoms with E-state index in [1.54, 1.807) is 6.07 Å². The van der Waals surface area contributed by atoms with E-state index in [1.165, 1.54) is 11.8 Å². The van der Waals surface area contributed by atoms with E-state index in [0.717, 1.165) is 38.7 Å². The summed E-state index contributed by atoms with van der Waals surface area (Å²) in [7, 11) is 0. The number of rotatable bonds is 4. The number of hydrogen-bond acceptors (Lipinski definition) is 4. The number of amides is 1. The summed E-state index contributed by atoms with van der Waals surface area (Å²) in [5.41, 5.74) is 6.58. The summed E-state index contributed by atoms with van der Waals surface area (Å²) in [4.78, 5) is 22.7. The van der Waals surface area contributed by atoms with Crippen molar-refractivity contribution in [3.63, 3.8) is 0 Å². The molecule has 1 N–H and O–H groups in total. The molecule has 6 rings (SSSR count). The number of fused-ring (bicyclic) bond motifs is 1. The molecule has 37 heavy (non-hydrogen) atoms. The summed E-state index contributed by atoms with van der Waals surface area (Å²) in [6, 6.07) is 33.9. The molecule has 1 aliphatic rings. The minimum atomic E-state index is -0.188. The maximum absolute atomic E-state index is 12.8. The van der Waals surface area contributed by atoms with Gasteiger partial charge in [-0.15, -0.1) is 0 Å². The van der Waals surface area contributed by atoms with Crippen LogP contribution in [0, 0.1) is 0 Å². The number of aromatic nitrogens is 1. The standard InChI is InChI=1S/C31H20ClN3OS/c32-26-13-7-12-24(22-10-5-2-6-11-22)29(26)34-31-35-30(36)28(37-31)19-20-14-15-27-25(18-20)23(16-17-33-27)21-8-3-1-4-9-21/h1-19H,(H,34,35,36)/b28-19+. The van der Waals surface area contributed by atoms with Gasteiger partial charge in [0.1, 0.15) is 0 Å². The Hall–Kier alpha value is -4.19. The van der Waals surface area contributed by atoms with E-state index in [1.807, 2.05) is 91.1 Å². The van der Waals surface area contributed by atoms with Gasteiger partial charge >= 0.3 is 0 Å². The number of benzene rings is 4. The maximum Gasteiger partial charge on any atom is 0.264 e. The van der Waals surface area contributed by atoms with Gasteiger partial charge in [-0.3, -0.25) is 9.78 Å². The molecule has 0 bridgehead atoms. The second-order valence-corrected chi connectivity index (χ2v) is 9.92. The van der Waals surface area contributed by atoms with Crippen molar-refractivity contribution < 1.29 is 4.79 Å². The van der Waals surface area contributed by atoms with Gasteiger partial charge in [0.2, 0.25) is 0 Å². The average molecular weight is 518 g/mol. The lowest BCUT2D eigenvalue weighted by molar-refractivity contribution is -0.115. The minimum absolute atomic E-state index is 0.188. The fourth-order valence-electron chi connectivity index (χ4n) is 4.34. The topological polar surface area (TPSA) is 54.4 Å². The molecule has 6 heteroatoms. The Kier molecular flexibility index (Phi) is 6.31. The van der Waals surface area contributed by atoms with Crippen LogP contribution in [0.15, 0.2) is 119 Å². The molecular formula is C31H20ClN3OS. The zero-order chi connectivity index (χ0) is 25.2. The highest BCUT2D eigenvalue weighted by atomic mass is 35.5. The van der Waals surface area contributed by atoms with Crippen molar-refractivity contribution in [1.82, 2.24) is 10.3 Å². The monoisotopic (exact) mass is 517 g/mol. The Bertz CT molecular complexity index is 1700. The third-order valence-electron chi connectivity index (χ3n) is 6.08. The summed E-state index contributed by atoms with van der Waals surface area (Å²) >= 11 is 7.83. The first kappa shape index (κ1) is 23.2. The number of carbonyl (C=O) groups excluding carboxylic acids is 1. The summed E-state index contributed by atoms with van der Waals surface area (Å²) in [6.45, 7) is 0. The number of pyridine rings is 1. The van der Waals surface area contributed by atoms with Gasteiger partial charge < -0.3 is 5.32 Å². The predicted molar refractivity (Wildman–Crippen MR) is 155 cm³/mol. The van der Waals surface area contributed by atoms with Crippen LogP contribution in [0.5, 0.6) is 0 Å². The fraction of sp³-hybridized carbons (Fsp3) is 0. The van der Waals surface area contributed by atoms with E-state index < -0.39 is 0 Å². The highest BCUT2D eigenvalue weighted by Gasteiger charge is 2.25. The first-order valence-electron chi connectivity index (χ1n) is 11.7. The smallest absolute Gasteiger partial charge is 0.264 e. The van der Waals surface area contributed by atoms with Crippen molar-refractivity contribution >= 4 is 57.1 Å². The number of para-hydroxylation sites is 1. The molecule has 1 aliphatic heterocycles. The van der Waals surface area contributed by atoms with Crippen molar-refractivity contribution in [3.8, 4) is 22.3 Å². The summed E-state index contributed by atoms with van der Waals surface area (Å²) < 4.78 is 0. The second kappa shape index (κ2) is 10.1. The van der Waals surface area contributed by atoms with Gasteiger partial charge in [-0.1, -0.05) is 90.5 Å². The Balaban J connectivity index is 1.35. The Morgan fingerprint density at radius 2 is 1.54 bits per heavy atom.